The SMILES string of the molecule is O=C(CN1CCN(Cc2ccc(-c3ccccc3Cl)s2)CC1)NC1CCC2(CC1)OCCO2. The summed E-state index contributed by atoms with van der Waals surface area (Å²) in [4.78, 5) is 19.9. The third kappa shape index (κ3) is 5.78. The van der Waals surface area contributed by atoms with Crippen LogP contribution in [0.25, 0.3) is 10.4 Å². The minimum absolute atomic E-state index is 0.139. The maximum Gasteiger partial charge on any atom is 0.234 e. The molecule has 1 aliphatic carbocycles. The van der Waals surface area contributed by atoms with E-state index in [2.05, 4.69) is 33.3 Å². The number of carbonyl (C=O) groups is 1. The highest BCUT2D eigenvalue weighted by Crippen LogP contribution is 2.36. The molecule has 178 valence electrons. The number of halogens is 1. The van der Waals surface area contributed by atoms with Gasteiger partial charge < -0.3 is 14.8 Å². The highest BCUT2D eigenvalue weighted by molar-refractivity contribution is 7.15. The third-order valence-corrected chi connectivity index (χ3v) is 8.37. The molecule has 1 aromatic carbocycles. The summed E-state index contributed by atoms with van der Waals surface area (Å²) in [7, 11) is 0. The van der Waals surface area contributed by atoms with Crippen molar-refractivity contribution in [3.63, 3.8) is 0 Å². The van der Waals surface area contributed by atoms with Crippen molar-refractivity contribution in [3.8, 4) is 10.4 Å². The lowest BCUT2D eigenvalue weighted by Gasteiger charge is -2.36. The molecule has 33 heavy (non-hydrogen) atoms. The molecule has 2 aromatic rings. The lowest BCUT2D eigenvalue weighted by atomic mass is 9.90. The van der Waals surface area contributed by atoms with E-state index >= 15 is 0 Å². The second kappa shape index (κ2) is 10.4. The van der Waals surface area contributed by atoms with Gasteiger partial charge in [-0.25, -0.2) is 0 Å². The van der Waals surface area contributed by atoms with Crippen molar-refractivity contribution in [2.24, 2.45) is 0 Å². The number of thiophene rings is 1. The normalized spacial score (nSPS) is 22.1. The summed E-state index contributed by atoms with van der Waals surface area (Å²) < 4.78 is 11.6. The van der Waals surface area contributed by atoms with Gasteiger partial charge in [0.15, 0.2) is 5.79 Å². The van der Waals surface area contributed by atoms with Crippen LogP contribution in [-0.2, 0) is 20.8 Å². The molecular weight excluding hydrogens is 458 g/mol. The highest BCUT2D eigenvalue weighted by atomic mass is 35.5. The Balaban J connectivity index is 1.03. The first-order chi connectivity index (χ1) is 16.1. The molecule has 8 heteroatoms. The Hall–Kier alpha value is -1.48. The average molecular weight is 490 g/mol. The van der Waals surface area contributed by atoms with Gasteiger partial charge in [-0.1, -0.05) is 29.8 Å². The lowest BCUT2D eigenvalue weighted by Crippen LogP contribution is -2.51. The van der Waals surface area contributed by atoms with Gasteiger partial charge in [-0.2, -0.15) is 0 Å². The van der Waals surface area contributed by atoms with Gasteiger partial charge in [0, 0.05) is 71.9 Å². The van der Waals surface area contributed by atoms with Crippen LogP contribution in [0.5, 0.6) is 0 Å². The summed E-state index contributed by atoms with van der Waals surface area (Å²) >= 11 is 8.16. The lowest BCUT2D eigenvalue weighted by molar-refractivity contribution is -0.180. The van der Waals surface area contributed by atoms with Gasteiger partial charge in [0.25, 0.3) is 0 Å². The number of hydrogen-bond acceptors (Lipinski definition) is 6. The van der Waals surface area contributed by atoms with E-state index in [9.17, 15) is 4.79 Å². The molecule has 5 rings (SSSR count). The summed E-state index contributed by atoms with van der Waals surface area (Å²) in [5.74, 6) is -0.228. The molecule has 6 nitrogen and oxygen atoms in total. The van der Waals surface area contributed by atoms with Gasteiger partial charge >= 0.3 is 0 Å². The number of benzene rings is 1. The Labute approximate surface area is 204 Å². The van der Waals surface area contributed by atoms with E-state index in [1.54, 1.807) is 0 Å². The van der Waals surface area contributed by atoms with E-state index in [1.807, 2.05) is 29.5 Å². The molecule has 3 heterocycles. The van der Waals surface area contributed by atoms with Crippen LogP contribution in [0.15, 0.2) is 36.4 Å². The quantitative estimate of drug-likeness (QED) is 0.665. The van der Waals surface area contributed by atoms with E-state index < -0.39 is 0 Å². The van der Waals surface area contributed by atoms with Gasteiger partial charge in [-0.15, -0.1) is 11.3 Å². The molecule has 3 fully saturated rings. The minimum atomic E-state index is -0.367. The Morgan fingerprint density at radius 2 is 1.73 bits per heavy atom. The van der Waals surface area contributed by atoms with E-state index in [0.29, 0.717) is 19.8 Å². The Morgan fingerprint density at radius 1 is 1.03 bits per heavy atom. The first-order valence-electron chi connectivity index (χ1n) is 11.9. The number of ether oxygens (including phenoxy) is 2. The number of nitrogens with one attached hydrogen (secondary N) is 1. The number of nitrogens with zero attached hydrogens (tertiary/aromatic N) is 2. The van der Waals surface area contributed by atoms with Crippen LogP contribution in [0, 0.1) is 0 Å². The monoisotopic (exact) mass is 489 g/mol. The topological polar surface area (TPSA) is 54.0 Å². The van der Waals surface area contributed by atoms with Crippen LogP contribution >= 0.6 is 22.9 Å². The van der Waals surface area contributed by atoms with E-state index in [1.165, 1.54) is 9.75 Å². The predicted molar refractivity (Wildman–Crippen MR) is 132 cm³/mol. The molecule has 0 bridgehead atoms. The van der Waals surface area contributed by atoms with Crippen molar-refractivity contribution in [1.82, 2.24) is 15.1 Å². The average Bonchev–Trinajstić information content (AvgIpc) is 3.47. The second-order valence-electron chi connectivity index (χ2n) is 9.25. The van der Waals surface area contributed by atoms with Crippen LogP contribution in [0.3, 0.4) is 0 Å². The van der Waals surface area contributed by atoms with E-state index in [-0.39, 0.29) is 17.7 Å². The smallest absolute Gasteiger partial charge is 0.234 e. The van der Waals surface area contributed by atoms with Crippen LogP contribution in [0.2, 0.25) is 5.02 Å². The van der Waals surface area contributed by atoms with Gasteiger partial charge in [0.1, 0.15) is 0 Å². The molecular formula is C25H32ClN3O3S. The molecule has 1 spiro atoms. The maximum atomic E-state index is 12.6. The summed E-state index contributed by atoms with van der Waals surface area (Å²) in [6.45, 7) is 6.62. The van der Waals surface area contributed by atoms with Crippen molar-refractivity contribution < 1.29 is 14.3 Å². The molecule has 0 unspecified atom stereocenters. The van der Waals surface area contributed by atoms with Crippen LogP contribution in [0.4, 0.5) is 0 Å². The molecule has 2 aliphatic heterocycles. The van der Waals surface area contributed by atoms with Crippen molar-refractivity contribution in [2.75, 3.05) is 45.9 Å². The Kier molecular flexibility index (Phi) is 7.35. The fourth-order valence-electron chi connectivity index (χ4n) is 5.06. The molecule has 1 aromatic heterocycles. The maximum absolute atomic E-state index is 12.6. The Bertz CT molecular complexity index is 944. The standard InChI is InChI=1S/C25H32ClN3O3S/c26-22-4-2-1-3-21(22)23-6-5-20(33-23)17-28-11-13-29(14-12-28)18-24(30)27-19-7-9-25(10-8-19)31-15-16-32-25/h1-6,19H,7-18H2,(H,27,30). The van der Waals surface area contributed by atoms with Crippen LogP contribution < -0.4 is 5.32 Å². The number of amides is 1. The van der Waals surface area contributed by atoms with Crippen molar-refractivity contribution in [1.29, 1.82) is 0 Å². The van der Waals surface area contributed by atoms with Crippen molar-refractivity contribution in [2.45, 2.75) is 44.1 Å². The predicted octanol–water partition coefficient (Wildman–Crippen LogP) is 3.99. The highest BCUT2D eigenvalue weighted by Gasteiger charge is 2.40. The Morgan fingerprint density at radius 3 is 2.45 bits per heavy atom. The first-order valence-corrected chi connectivity index (χ1v) is 13.1. The largest absolute Gasteiger partial charge is 0.352 e. The van der Waals surface area contributed by atoms with Gasteiger partial charge in [0.05, 0.1) is 19.8 Å². The van der Waals surface area contributed by atoms with Crippen molar-refractivity contribution >= 4 is 28.8 Å². The molecule has 0 radical (unpaired) electrons. The molecule has 1 saturated carbocycles. The number of carbonyl (C=O) groups excluding carboxylic acids is 1. The van der Waals surface area contributed by atoms with Crippen LogP contribution in [-0.4, -0.2) is 73.5 Å². The fourth-order valence-corrected chi connectivity index (χ4v) is 6.44. The van der Waals surface area contributed by atoms with Gasteiger partial charge in [-0.05, 0) is 31.0 Å². The van der Waals surface area contributed by atoms with Crippen LogP contribution in [0.1, 0.15) is 30.6 Å². The molecule has 2 saturated heterocycles. The summed E-state index contributed by atoms with van der Waals surface area (Å²) in [6.07, 6.45) is 3.60. The molecule has 1 amide bonds. The summed E-state index contributed by atoms with van der Waals surface area (Å²) in [6, 6.07) is 12.6. The van der Waals surface area contributed by atoms with Gasteiger partial charge in [0.2, 0.25) is 5.91 Å². The zero-order valence-corrected chi connectivity index (χ0v) is 20.5. The van der Waals surface area contributed by atoms with E-state index in [0.717, 1.165) is 69.0 Å². The fraction of sp³-hybridized carbons (Fsp3) is 0.560. The number of hydrogen-bond donors (Lipinski definition) is 1. The zero-order chi connectivity index (χ0) is 22.7. The van der Waals surface area contributed by atoms with Gasteiger partial charge in [-0.3, -0.25) is 14.6 Å². The minimum Gasteiger partial charge on any atom is -0.352 e. The summed E-state index contributed by atoms with van der Waals surface area (Å²) in [5.41, 5.74) is 1.10. The first kappa shape index (κ1) is 23.3. The molecule has 0 atom stereocenters. The van der Waals surface area contributed by atoms with E-state index in [4.69, 9.17) is 21.1 Å². The molecule has 3 aliphatic rings. The molecule has 1 N–H and O–H groups in total. The summed E-state index contributed by atoms with van der Waals surface area (Å²) in [5, 5.41) is 4.03. The zero-order valence-electron chi connectivity index (χ0n) is 18.9. The van der Waals surface area contributed by atoms with Crippen molar-refractivity contribution in [3.05, 3.63) is 46.3 Å². The third-order valence-electron chi connectivity index (χ3n) is 6.94. The second-order valence-corrected chi connectivity index (χ2v) is 10.8. The number of piperazine rings is 1. The number of rotatable bonds is 6.